The van der Waals surface area contributed by atoms with Gasteiger partial charge in [0, 0.05) is 22.4 Å². The zero-order valence-corrected chi connectivity index (χ0v) is 13.8. The van der Waals surface area contributed by atoms with Crippen molar-refractivity contribution in [3.63, 3.8) is 0 Å². The Morgan fingerprint density at radius 3 is 2.42 bits per heavy atom. The molecule has 0 bridgehead atoms. The first-order valence-corrected chi connectivity index (χ1v) is 7.92. The van der Waals surface area contributed by atoms with Crippen molar-refractivity contribution in [3.8, 4) is 0 Å². The average Bonchev–Trinajstić information content (AvgIpc) is 3.03. The molecule has 1 aliphatic carbocycles. The smallest absolute Gasteiger partial charge is 0.307 e. The van der Waals surface area contributed by atoms with Gasteiger partial charge in [-0.15, -0.1) is 23.2 Å². The Bertz CT molecular complexity index is 510. The van der Waals surface area contributed by atoms with Gasteiger partial charge in [0.2, 0.25) is 0 Å². The predicted octanol–water partition coefficient (Wildman–Crippen LogP) is 4.96. The molecule has 2 rings (SSSR count). The minimum absolute atomic E-state index is 0.267. The van der Waals surface area contributed by atoms with E-state index < -0.39 is 20.9 Å². The van der Waals surface area contributed by atoms with E-state index in [1.54, 1.807) is 40.8 Å². The van der Waals surface area contributed by atoms with Gasteiger partial charge in [-0.25, -0.2) is 4.39 Å². The molecule has 104 valence electrons. The van der Waals surface area contributed by atoms with Crippen LogP contribution >= 0.6 is 57.4 Å². The number of rotatable bonds is 4. The van der Waals surface area contributed by atoms with Gasteiger partial charge in [0.25, 0.3) is 0 Å². The molecule has 0 spiro atoms. The Morgan fingerprint density at radius 2 is 2.05 bits per heavy atom. The van der Waals surface area contributed by atoms with Crippen molar-refractivity contribution in [3.05, 3.63) is 34.3 Å². The number of carbonyl (C=O) groups is 1. The van der Waals surface area contributed by atoms with Crippen LogP contribution in [-0.2, 0) is 4.79 Å². The van der Waals surface area contributed by atoms with E-state index in [9.17, 15) is 9.18 Å². The van der Waals surface area contributed by atoms with Crippen LogP contribution in [0.1, 0.15) is 21.2 Å². The van der Waals surface area contributed by atoms with Crippen molar-refractivity contribution in [2.75, 3.05) is 0 Å². The van der Waals surface area contributed by atoms with Crippen LogP contribution in [0.4, 0.5) is 4.39 Å². The van der Waals surface area contributed by atoms with E-state index in [4.69, 9.17) is 39.9 Å². The summed E-state index contributed by atoms with van der Waals surface area (Å²) in [5, 5.41) is 9.39. The summed E-state index contributed by atoms with van der Waals surface area (Å²) in [4.78, 5) is 10.4. The third-order valence-corrected chi connectivity index (χ3v) is 4.88. The van der Waals surface area contributed by atoms with Gasteiger partial charge in [-0.1, -0.05) is 23.7 Å². The molecule has 0 aliphatic heterocycles. The van der Waals surface area contributed by atoms with Crippen molar-refractivity contribution < 1.29 is 14.3 Å². The van der Waals surface area contributed by atoms with Gasteiger partial charge in [-0.05, 0) is 34.2 Å². The number of alkyl halides is 4. The molecule has 0 amide bonds. The van der Waals surface area contributed by atoms with E-state index in [1.807, 2.05) is 0 Å². The van der Waals surface area contributed by atoms with E-state index in [-0.39, 0.29) is 16.9 Å². The molecule has 1 aromatic carbocycles. The fraction of sp³-hybridized carbons (Fsp3) is 0.417. The van der Waals surface area contributed by atoms with Gasteiger partial charge in [0.15, 0.2) is 4.18 Å². The molecule has 0 radical (unpaired) electrons. The lowest BCUT2D eigenvalue weighted by molar-refractivity contribution is -0.138. The molecule has 1 aliphatic rings. The maximum absolute atomic E-state index is 13.2. The van der Waals surface area contributed by atoms with Crippen molar-refractivity contribution in [2.24, 2.45) is 11.8 Å². The number of hydrogen-bond acceptors (Lipinski definition) is 1. The number of halogens is 5. The molecule has 1 fully saturated rings. The maximum atomic E-state index is 13.2. The molecule has 1 aromatic rings. The van der Waals surface area contributed by atoms with Crippen LogP contribution in [0.2, 0.25) is 5.02 Å². The Hall–Kier alpha value is 0.220. The predicted molar refractivity (Wildman–Crippen MR) is 82.2 cm³/mol. The fourth-order valence-corrected chi connectivity index (χ4v) is 3.96. The minimum atomic E-state index is -1.20. The van der Waals surface area contributed by atoms with Crippen molar-refractivity contribution in [1.29, 1.82) is 0 Å². The molecule has 3 unspecified atom stereocenters. The van der Waals surface area contributed by atoms with E-state index in [2.05, 4.69) is 0 Å². The molecule has 2 nitrogen and oxygen atoms in total. The Balaban J connectivity index is 2.28. The molecule has 7 heteroatoms. The first-order valence-electron chi connectivity index (χ1n) is 5.43. The molecule has 0 heterocycles. The lowest BCUT2D eigenvalue weighted by Gasteiger charge is -2.07. The third kappa shape index (κ3) is 3.12. The van der Waals surface area contributed by atoms with Crippen LogP contribution in [0.3, 0.4) is 0 Å². The molecule has 1 N–H and O–H groups in total. The standard InChI is InChI=1S/C12H9Cl3FIO2/c13-6-3-4(1-2-5(6)11(16)17)7-8(10(14)15)9(7)12(18)19/h1-3,7-11H,(H,18,19)/t7?,8?,9?,11-/m1/s1. The lowest BCUT2D eigenvalue weighted by Crippen LogP contribution is -2.03. The maximum Gasteiger partial charge on any atom is 0.307 e. The topological polar surface area (TPSA) is 37.3 Å². The van der Waals surface area contributed by atoms with Crippen LogP contribution in [0.5, 0.6) is 0 Å². The number of carboxylic acid groups (broad SMARTS) is 1. The summed E-state index contributed by atoms with van der Waals surface area (Å²) in [7, 11) is 0. The molecular weight excluding hydrogens is 428 g/mol. The summed E-state index contributed by atoms with van der Waals surface area (Å²) >= 11 is 19.2. The third-order valence-electron chi connectivity index (χ3n) is 3.30. The molecular formula is C12H9Cl3FIO2. The summed E-state index contributed by atoms with van der Waals surface area (Å²) in [5.74, 6) is -2.14. The first kappa shape index (κ1) is 15.6. The number of carboxylic acids is 1. The van der Waals surface area contributed by atoms with Gasteiger partial charge < -0.3 is 5.11 Å². The van der Waals surface area contributed by atoms with Gasteiger partial charge in [-0.3, -0.25) is 4.79 Å². The Morgan fingerprint density at radius 1 is 1.42 bits per heavy atom. The molecule has 1 saturated carbocycles. The van der Waals surface area contributed by atoms with E-state index in [0.717, 1.165) is 5.56 Å². The van der Waals surface area contributed by atoms with Crippen molar-refractivity contribution >= 4 is 63.4 Å². The Kier molecular flexibility index (Phi) is 4.86. The summed E-state index contributed by atoms with van der Waals surface area (Å²) in [6, 6.07) is 4.85. The van der Waals surface area contributed by atoms with Crippen LogP contribution in [0.25, 0.3) is 0 Å². The van der Waals surface area contributed by atoms with E-state index in [1.165, 1.54) is 0 Å². The molecule has 4 atom stereocenters. The van der Waals surface area contributed by atoms with Gasteiger partial charge in [0.05, 0.1) is 5.92 Å². The second kappa shape index (κ2) is 5.92. The minimum Gasteiger partial charge on any atom is -0.481 e. The molecule has 0 aromatic heterocycles. The van der Waals surface area contributed by atoms with Gasteiger partial charge in [0.1, 0.15) is 4.84 Å². The zero-order chi connectivity index (χ0) is 14.3. The van der Waals surface area contributed by atoms with Crippen molar-refractivity contribution in [2.45, 2.75) is 14.9 Å². The largest absolute Gasteiger partial charge is 0.481 e. The van der Waals surface area contributed by atoms with Crippen LogP contribution in [0.15, 0.2) is 18.2 Å². The number of aliphatic carboxylic acids is 1. The monoisotopic (exact) mass is 436 g/mol. The average molecular weight is 437 g/mol. The highest BCUT2D eigenvalue weighted by molar-refractivity contribution is 14.1. The van der Waals surface area contributed by atoms with E-state index in [0.29, 0.717) is 5.56 Å². The highest BCUT2D eigenvalue weighted by atomic mass is 127. The highest BCUT2D eigenvalue weighted by Gasteiger charge is 2.58. The van der Waals surface area contributed by atoms with E-state index >= 15 is 0 Å². The number of benzene rings is 1. The quantitative estimate of drug-likeness (QED) is 0.534. The van der Waals surface area contributed by atoms with Gasteiger partial charge >= 0.3 is 5.97 Å². The molecule has 19 heavy (non-hydrogen) atoms. The highest BCUT2D eigenvalue weighted by Crippen LogP contribution is 2.58. The van der Waals surface area contributed by atoms with Crippen molar-refractivity contribution in [1.82, 2.24) is 0 Å². The Labute approximate surface area is 138 Å². The summed E-state index contributed by atoms with van der Waals surface area (Å²) in [6.45, 7) is 0. The number of hydrogen-bond donors (Lipinski definition) is 1. The van der Waals surface area contributed by atoms with Crippen LogP contribution in [0, 0.1) is 11.8 Å². The zero-order valence-electron chi connectivity index (χ0n) is 9.36. The fourth-order valence-electron chi connectivity index (χ4n) is 2.32. The van der Waals surface area contributed by atoms with Gasteiger partial charge in [-0.2, -0.15) is 0 Å². The SMILES string of the molecule is O=C(O)C1C(c2ccc([C@H](F)I)c(Cl)c2)C1C(Cl)Cl. The van der Waals surface area contributed by atoms with Crippen LogP contribution in [-0.4, -0.2) is 15.9 Å². The summed E-state index contributed by atoms with van der Waals surface area (Å²) in [6.07, 6.45) is 0. The van der Waals surface area contributed by atoms with Crippen LogP contribution < -0.4 is 0 Å². The molecule has 0 saturated heterocycles. The second-order valence-corrected chi connectivity index (χ2v) is 7.05. The summed E-state index contributed by atoms with van der Waals surface area (Å²) < 4.78 is 12.0. The first-order chi connectivity index (χ1) is 8.84. The summed E-state index contributed by atoms with van der Waals surface area (Å²) in [5.41, 5.74) is 1.11. The normalized spacial score (nSPS) is 27.4. The second-order valence-electron chi connectivity index (χ2n) is 4.38. The lowest BCUT2D eigenvalue weighted by atomic mass is 10.1.